The molecule has 0 bridgehead atoms. The third-order valence-electron chi connectivity index (χ3n) is 2.39. The number of hydrogen-bond donors (Lipinski definition) is 2. The highest BCUT2D eigenvalue weighted by Crippen LogP contribution is 2.25. The van der Waals surface area contributed by atoms with Crippen LogP contribution in [0.25, 0.3) is 0 Å². The summed E-state index contributed by atoms with van der Waals surface area (Å²) in [5.41, 5.74) is 5.62. The number of halogens is 2. The minimum absolute atomic E-state index is 0.0304. The van der Waals surface area contributed by atoms with E-state index in [9.17, 15) is 9.59 Å². The smallest absolute Gasteiger partial charge is 0.256 e. The van der Waals surface area contributed by atoms with Crippen LogP contribution >= 0.6 is 23.2 Å². The Morgan fingerprint density at radius 2 is 1.85 bits per heavy atom. The molecule has 102 valence electrons. The maximum Gasteiger partial charge on any atom is 0.256 e. The number of anilines is 1. The van der Waals surface area contributed by atoms with Gasteiger partial charge in [0.05, 0.1) is 0 Å². The summed E-state index contributed by atoms with van der Waals surface area (Å²) < 4.78 is 0. The first kappa shape index (κ1) is 14.2. The summed E-state index contributed by atoms with van der Waals surface area (Å²) in [6, 6.07) is 5.95. The van der Waals surface area contributed by atoms with Gasteiger partial charge in [-0.2, -0.15) is 0 Å². The van der Waals surface area contributed by atoms with E-state index in [-0.39, 0.29) is 27.1 Å². The molecule has 0 fully saturated rings. The summed E-state index contributed by atoms with van der Waals surface area (Å²) in [5.74, 6) is -1.03. The number of aromatic nitrogens is 2. The zero-order valence-electron chi connectivity index (χ0n) is 9.93. The van der Waals surface area contributed by atoms with Crippen LogP contribution in [0.15, 0.2) is 30.6 Å². The Morgan fingerprint density at radius 3 is 2.55 bits per heavy atom. The Labute approximate surface area is 123 Å². The summed E-state index contributed by atoms with van der Waals surface area (Å²) in [6.45, 7) is 0. The van der Waals surface area contributed by atoms with E-state index in [0.717, 1.165) is 0 Å². The van der Waals surface area contributed by atoms with E-state index in [0.29, 0.717) is 0 Å². The van der Waals surface area contributed by atoms with Crippen molar-refractivity contribution in [2.75, 3.05) is 5.32 Å². The quantitative estimate of drug-likeness (QED) is 0.848. The molecule has 2 aromatic rings. The average Bonchev–Trinajstić information content (AvgIpc) is 2.44. The van der Waals surface area contributed by atoms with E-state index < -0.39 is 11.8 Å². The summed E-state index contributed by atoms with van der Waals surface area (Å²) in [6.07, 6.45) is 1.17. The van der Waals surface area contributed by atoms with Gasteiger partial charge in [-0.3, -0.25) is 9.59 Å². The van der Waals surface area contributed by atoms with Gasteiger partial charge in [-0.25, -0.2) is 9.97 Å². The number of amides is 2. The molecule has 6 nitrogen and oxygen atoms in total. The molecule has 0 spiro atoms. The van der Waals surface area contributed by atoms with Crippen LogP contribution in [0, 0.1) is 0 Å². The van der Waals surface area contributed by atoms with Crippen LogP contribution in [0.5, 0.6) is 0 Å². The molecule has 0 saturated carbocycles. The SMILES string of the molecule is NC(=O)c1cccc(C(=O)Nc2ncnc(Cl)c2Cl)c1. The lowest BCUT2D eigenvalue weighted by atomic mass is 10.1. The topological polar surface area (TPSA) is 98.0 Å². The predicted octanol–water partition coefficient (Wildman–Crippen LogP) is 2.13. The Hall–Kier alpha value is -2.18. The Kier molecular flexibility index (Phi) is 4.16. The van der Waals surface area contributed by atoms with Gasteiger partial charge < -0.3 is 11.1 Å². The van der Waals surface area contributed by atoms with Crippen molar-refractivity contribution in [3.8, 4) is 0 Å². The molecule has 0 aliphatic rings. The first-order valence-electron chi connectivity index (χ1n) is 5.36. The van der Waals surface area contributed by atoms with Crippen molar-refractivity contribution in [2.45, 2.75) is 0 Å². The fourth-order valence-electron chi connectivity index (χ4n) is 1.43. The monoisotopic (exact) mass is 310 g/mol. The van der Waals surface area contributed by atoms with E-state index >= 15 is 0 Å². The highest BCUT2D eigenvalue weighted by molar-refractivity contribution is 6.43. The molecule has 1 aromatic carbocycles. The third kappa shape index (κ3) is 3.04. The second kappa shape index (κ2) is 5.85. The van der Waals surface area contributed by atoms with Crippen molar-refractivity contribution in [3.05, 3.63) is 51.9 Å². The maximum absolute atomic E-state index is 12.0. The molecule has 0 aliphatic carbocycles. The van der Waals surface area contributed by atoms with E-state index in [1.165, 1.54) is 24.5 Å². The molecule has 3 N–H and O–H groups in total. The van der Waals surface area contributed by atoms with Gasteiger partial charge in [-0.05, 0) is 18.2 Å². The minimum atomic E-state index is -0.622. The number of primary amides is 1. The van der Waals surface area contributed by atoms with Crippen LogP contribution in [0.2, 0.25) is 10.2 Å². The lowest BCUT2D eigenvalue weighted by Crippen LogP contribution is -2.16. The second-order valence-corrected chi connectivity index (χ2v) is 4.46. The van der Waals surface area contributed by atoms with Crippen molar-refractivity contribution in [2.24, 2.45) is 5.73 Å². The second-order valence-electron chi connectivity index (χ2n) is 3.73. The van der Waals surface area contributed by atoms with Gasteiger partial charge in [0.15, 0.2) is 11.0 Å². The van der Waals surface area contributed by atoms with Crippen LogP contribution in [0.3, 0.4) is 0 Å². The molecule has 0 radical (unpaired) electrons. The molecule has 0 unspecified atom stereocenters. The number of hydrogen-bond acceptors (Lipinski definition) is 4. The van der Waals surface area contributed by atoms with Crippen LogP contribution in [-0.4, -0.2) is 21.8 Å². The molecule has 0 aliphatic heterocycles. The highest BCUT2D eigenvalue weighted by atomic mass is 35.5. The zero-order valence-corrected chi connectivity index (χ0v) is 11.4. The predicted molar refractivity (Wildman–Crippen MR) is 75.0 cm³/mol. The summed E-state index contributed by atoms with van der Waals surface area (Å²) >= 11 is 11.6. The van der Waals surface area contributed by atoms with Gasteiger partial charge in [0.25, 0.3) is 5.91 Å². The molecular weight excluding hydrogens is 303 g/mol. The Morgan fingerprint density at radius 1 is 1.15 bits per heavy atom. The first-order valence-corrected chi connectivity index (χ1v) is 6.12. The third-order valence-corrected chi connectivity index (χ3v) is 3.13. The van der Waals surface area contributed by atoms with Crippen LogP contribution < -0.4 is 11.1 Å². The number of nitrogens with zero attached hydrogens (tertiary/aromatic N) is 2. The summed E-state index contributed by atoms with van der Waals surface area (Å²) in [7, 11) is 0. The fourth-order valence-corrected chi connectivity index (χ4v) is 1.71. The first-order chi connectivity index (χ1) is 9.49. The minimum Gasteiger partial charge on any atom is -0.366 e. The van der Waals surface area contributed by atoms with Gasteiger partial charge in [0.1, 0.15) is 11.3 Å². The standard InChI is InChI=1S/C12H8Cl2N4O2/c13-8-9(14)16-5-17-11(8)18-12(20)7-3-1-2-6(4-7)10(15)19/h1-5H,(H2,15,19)(H,16,17,18,20). The summed E-state index contributed by atoms with van der Waals surface area (Å²) in [5, 5.41) is 2.54. The number of benzene rings is 1. The lowest BCUT2D eigenvalue weighted by Gasteiger charge is -2.07. The molecule has 2 amide bonds. The van der Waals surface area contributed by atoms with Crippen LogP contribution in [0.4, 0.5) is 5.82 Å². The van der Waals surface area contributed by atoms with Crippen molar-refractivity contribution >= 4 is 40.8 Å². The molecule has 0 saturated heterocycles. The van der Waals surface area contributed by atoms with Crippen LogP contribution in [-0.2, 0) is 0 Å². The number of rotatable bonds is 3. The normalized spacial score (nSPS) is 10.1. The number of carbonyl (C=O) groups excluding carboxylic acids is 2. The van der Waals surface area contributed by atoms with E-state index in [2.05, 4.69) is 15.3 Å². The van der Waals surface area contributed by atoms with E-state index in [1.54, 1.807) is 6.07 Å². The van der Waals surface area contributed by atoms with Gasteiger partial charge in [0.2, 0.25) is 5.91 Å². The van der Waals surface area contributed by atoms with Gasteiger partial charge in [0, 0.05) is 11.1 Å². The molecule has 2 rings (SSSR count). The molecule has 8 heteroatoms. The lowest BCUT2D eigenvalue weighted by molar-refractivity contribution is 0.1000. The average molecular weight is 311 g/mol. The molecule has 0 atom stereocenters. The van der Waals surface area contributed by atoms with E-state index in [1.807, 2.05) is 0 Å². The number of carbonyl (C=O) groups is 2. The largest absolute Gasteiger partial charge is 0.366 e. The molecule has 1 heterocycles. The van der Waals surface area contributed by atoms with Crippen LogP contribution in [0.1, 0.15) is 20.7 Å². The maximum atomic E-state index is 12.0. The molecular formula is C12H8Cl2N4O2. The zero-order chi connectivity index (χ0) is 14.7. The number of nitrogens with two attached hydrogens (primary N) is 1. The Balaban J connectivity index is 2.26. The highest BCUT2D eigenvalue weighted by Gasteiger charge is 2.13. The van der Waals surface area contributed by atoms with Crippen molar-refractivity contribution in [3.63, 3.8) is 0 Å². The molecule has 20 heavy (non-hydrogen) atoms. The van der Waals surface area contributed by atoms with Gasteiger partial charge >= 0.3 is 0 Å². The van der Waals surface area contributed by atoms with Gasteiger partial charge in [-0.1, -0.05) is 29.3 Å². The molecule has 1 aromatic heterocycles. The van der Waals surface area contributed by atoms with Gasteiger partial charge in [-0.15, -0.1) is 0 Å². The van der Waals surface area contributed by atoms with Crippen molar-refractivity contribution < 1.29 is 9.59 Å². The summed E-state index contributed by atoms with van der Waals surface area (Å²) in [4.78, 5) is 30.6. The van der Waals surface area contributed by atoms with Crippen molar-refractivity contribution in [1.29, 1.82) is 0 Å². The van der Waals surface area contributed by atoms with Crippen molar-refractivity contribution in [1.82, 2.24) is 9.97 Å². The number of nitrogens with one attached hydrogen (secondary N) is 1. The van der Waals surface area contributed by atoms with E-state index in [4.69, 9.17) is 28.9 Å². The fraction of sp³-hybridized carbons (Fsp3) is 0. The Bertz CT molecular complexity index is 691.